The molecule has 1 rings (SSSR count). The molecule has 1 N–H and O–H groups in total. The molecule has 1 aromatic heterocycles. The molecule has 0 atom stereocenters. The van der Waals surface area contributed by atoms with Crippen LogP contribution in [0.1, 0.15) is 13.3 Å². The number of thioether (sulfide) groups is 1. The number of rotatable bonds is 7. The zero-order valence-electron chi connectivity index (χ0n) is 9.82. The number of halogens is 2. The molecule has 0 aliphatic rings. The molecule has 0 aromatic carbocycles. The standard InChI is InChI=1S/C10H14BrClN2O2S2/c1-2-17-5-3-4-14-18(15,16)9-6-8(11)7-13-10(9)12/h6-7,14H,2-5H2,1H3. The first kappa shape index (κ1) is 16.2. The highest BCUT2D eigenvalue weighted by molar-refractivity contribution is 9.10. The van der Waals surface area contributed by atoms with Crippen LogP contribution in [0, 0.1) is 0 Å². The van der Waals surface area contributed by atoms with E-state index in [1.54, 1.807) is 11.8 Å². The van der Waals surface area contributed by atoms with Crippen LogP contribution < -0.4 is 4.72 Å². The van der Waals surface area contributed by atoms with Crippen molar-refractivity contribution in [2.75, 3.05) is 18.1 Å². The average Bonchev–Trinajstić information content (AvgIpc) is 2.32. The Labute approximate surface area is 125 Å². The van der Waals surface area contributed by atoms with E-state index < -0.39 is 10.0 Å². The van der Waals surface area contributed by atoms with Gasteiger partial charge in [0.15, 0.2) is 0 Å². The van der Waals surface area contributed by atoms with Crippen LogP contribution in [0.2, 0.25) is 5.15 Å². The molecule has 102 valence electrons. The smallest absolute Gasteiger partial charge is 0.242 e. The van der Waals surface area contributed by atoms with E-state index in [9.17, 15) is 8.42 Å². The van der Waals surface area contributed by atoms with Crippen molar-refractivity contribution < 1.29 is 8.42 Å². The fourth-order valence-electron chi connectivity index (χ4n) is 1.20. The van der Waals surface area contributed by atoms with Crippen molar-refractivity contribution in [3.63, 3.8) is 0 Å². The van der Waals surface area contributed by atoms with E-state index in [1.165, 1.54) is 12.3 Å². The van der Waals surface area contributed by atoms with Gasteiger partial charge >= 0.3 is 0 Å². The highest BCUT2D eigenvalue weighted by atomic mass is 79.9. The summed E-state index contributed by atoms with van der Waals surface area (Å²) in [7, 11) is -3.58. The molecule has 0 saturated heterocycles. The minimum Gasteiger partial charge on any atom is -0.242 e. The summed E-state index contributed by atoms with van der Waals surface area (Å²) in [5.74, 6) is 1.97. The zero-order chi connectivity index (χ0) is 13.6. The van der Waals surface area contributed by atoms with Crippen LogP contribution in [-0.2, 0) is 10.0 Å². The largest absolute Gasteiger partial charge is 0.243 e. The number of hydrogen-bond acceptors (Lipinski definition) is 4. The molecule has 4 nitrogen and oxygen atoms in total. The van der Waals surface area contributed by atoms with Crippen LogP contribution in [0.25, 0.3) is 0 Å². The third-order valence-electron chi connectivity index (χ3n) is 2.02. The summed E-state index contributed by atoms with van der Waals surface area (Å²) in [4.78, 5) is 3.80. The van der Waals surface area contributed by atoms with E-state index >= 15 is 0 Å². The zero-order valence-corrected chi connectivity index (χ0v) is 13.8. The number of hydrogen-bond donors (Lipinski definition) is 1. The molecule has 0 fully saturated rings. The van der Waals surface area contributed by atoms with Crippen molar-refractivity contribution in [3.05, 3.63) is 21.9 Å². The second-order valence-corrected chi connectivity index (χ2v) is 7.79. The summed E-state index contributed by atoms with van der Waals surface area (Å²) < 4.78 is 27.0. The van der Waals surface area contributed by atoms with Gasteiger partial charge in [-0.05, 0) is 39.9 Å². The van der Waals surface area contributed by atoms with Gasteiger partial charge in [-0.15, -0.1) is 0 Å². The quantitative estimate of drug-likeness (QED) is 0.590. The first-order chi connectivity index (χ1) is 8.47. The van der Waals surface area contributed by atoms with Crippen LogP contribution >= 0.6 is 39.3 Å². The molecule has 0 aliphatic carbocycles. The van der Waals surface area contributed by atoms with Gasteiger partial charge < -0.3 is 0 Å². The summed E-state index contributed by atoms with van der Waals surface area (Å²) in [6.07, 6.45) is 2.25. The lowest BCUT2D eigenvalue weighted by Gasteiger charge is -2.07. The van der Waals surface area contributed by atoms with E-state index in [-0.39, 0.29) is 10.0 Å². The van der Waals surface area contributed by atoms with E-state index in [4.69, 9.17) is 11.6 Å². The summed E-state index contributed by atoms with van der Waals surface area (Å²) in [6, 6.07) is 1.44. The van der Waals surface area contributed by atoms with Gasteiger partial charge in [0.1, 0.15) is 10.0 Å². The van der Waals surface area contributed by atoms with E-state index in [2.05, 4.69) is 32.6 Å². The summed E-state index contributed by atoms with van der Waals surface area (Å²) >= 11 is 10.7. The fourth-order valence-corrected chi connectivity index (χ4v) is 3.85. The van der Waals surface area contributed by atoms with Crippen molar-refractivity contribution in [3.8, 4) is 0 Å². The van der Waals surface area contributed by atoms with Gasteiger partial charge in [-0.3, -0.25) is 0 Å². The fraction of sp³-hybridized carbons (Fsp3) is 0.500. The molecule has 0 unspecified atom stereocenters. The number of nitrogens with zero attached hydrogens (tertiary/aromatic N) is 1. The van der Waals surface area contributed by atoms with Crippen LogP contribution in [0.4, 0.5) is 0 Å². The molecule has 0 spiro atoms. The third-order valence-corrected chi connectivity index (χ3v) is 5.33. The minimum absolute atomic E-state index is 0.00156. The van der Waals surface area contributed by atoms with Gasteiger partial charge in [0.2, 0.25) is 10.0 Å². The Morgan fingerprint density at radius 2 is 2.28 bits per heavy atom. The molecule has 0 bridgehead atoms. The van der Waals surface area contributed by atoms with Crippen molar-refractivity contribution >= 4 is 49.3 Å². The van der Waals surface area contributed by atoms with Crippen LogP contribution in [0.3, 0.4) is 0 Å². The highest BCUT2D eigenvalue weighted by Crippen LogP contribution is 2.22. The summed E-state index contributed by atoms with van der Waals surface area (Å²) in [6.45, 7) is 2.47. The predicted molar refractivity (Wildman–Crippen MR) is 79.8 cm³/mol. The lowest BCUT2D eigenvalue weighted by molar-refractivity contribution is 0.580. The Balaban J connectivity index is 2.66. The Morgan fingerprint density at radius 1 is 1.56 bits per heavy atom. The molecular formula is C10H14BrClN2O2S2. The van der Waals surface area contributed by atoms with Gasteiger partial charge in [-0.25, -0.2) is 18.1 Å². The monoisotopic (exact) mass is 372 g/mol. The molecule has 1 aromatic rings. The van der Waals surface area contributed by atoms with Crippen LogP contribution in [0.5, 0.6) is 0 Å². The molecule has 18 heavy (non-hydrogen) atoms. The normalized spacial score (nSPS) is 11.7. The lowest BCUT2D eigenvalue weighted by Crippen LogP contribution is -2.25. The molecule has 0 aliphatic heterocycles. The van der Waals surface area contributed by atoms with Crippen molar-refractivity contribution in [1.82, 2.24) is 9.71 Å². The van der Waals surface area contributed by atoms with Gasteiger partial charge in [-0.2, -0.15) is 11.8 Å². The predicted octanol–water partition coefficient (Wildman–Crippen LogP) is 2.92. The Kier molecular flexibility index (Phi) is 6.94. The Morgan fingerprint density at radius 3 is 2.94 bits per heavy atom. The van der Waals surface area contributed by atoms with Crippen LogP contribution in [-0.4, -0.2) is 31.5 Å². The van der Waals surface area contributed by atoms with Gasteiger partial charge in [0.25, 0.3) is 0 Å². The first-order valence-corrected chi connectivity index (χ1v) is 9.16. The van der Waals surface area contributed by atoms with E-state index in [0.717, 1.165) is 17.9 Å². The van der Waals surface area contributed by atoms with E-state index in [1.807, 2.05) is 0 Å². The minimum atomic E-state index is -3.58. The molecule has 0 saturated carbocycles. The number of pyridine rings is 1. The third kappa shape index (κ3) is 5.05. The first-order valence-electron chi connectivity index (χ1n) is 5.36. The van der Waals surface area contributed by atoms with Gasteiger partial charge in [0.05, 0.1) is 0 Å². The van der Waals surface area contributed by atoms with Crippen molar-refractivity contribution in [2.45, 2.75) is 18.2 Å². The van der Waals surface area contributed by atoms with Gasteiger partial charge in [0, 0.05) is 17.2 Å². The molecule has 0 amide bonds. The maximum atomic E-state index is 12.0. The molecular weight excluding hydrogens is 360 g/mol. The summed E-state index contributed by atoms with van der Waals surface area (Å²) in [5.41, 5.74) is 0. The molecule has 0 radical (unpaired) electrons. The lowest BCUT2D eigenvalue weighted by atomic mass is 10.5. The number of aromatic nitrogens is 1. The molecule has 1 heterocycles. The Bertz CT molecular complexity index is 497. The maximum absolute atomic E-state index is 12.0. The number of nitrogens with one attached hydrogen (secondary N) is 1. The van der Waals surface area contributed by atoms with Crippen molar-refractivity contribution in [1.29, 1.82) is 0 Å². The Hall–Kier alpha value is 0.180. The number of sulfonamides is 1. The van der Waals surface area contributed by atoms with Crippen molar-refractivity contribution in [2.24, 2.45) is 0 Å². The topological polar surface area (TPSA) is 59.1 Å². The highest BCUT2D eigenvalue weighted by Gasteiger charge is 2.18. The molecule has 8 heteroatoms. The van der Waals surface area contributed by atoms with Gasteiger partial charge in [-0.1, -0.05) is 18.5 Å². The second kappa shape index (κ2) is 7.69. The maximum Gasteiger partial charge on any atom is 0.243 e. The second-order valence-electron chi connectivity index (χ2n) is 3.39. The SMILES string of the molecule is CCSCCCNS(=O)(=O)c1cc(Br)cnc1Cl. The summed E-state index contributed by atoms with van der Waals surface area (Å²) in [5, 5.41) is -0.0198. The average molecular weight is 374 g/mol. The van der Waals surface area contributed by atoms with Crippen LogP contribution in [0.15, 0.2) is 21.6 Å². The van der Waals surface area contributed by atoms with E-state index in [0.29, 0.717) is 11.0 Å².